The van der Waals surface area contributed by atoms with E-state index in [1.165, 1.54) is 28.4 Å². The molecule has 0 radical (unpaired) electrons. The van der Waals surface area contributed by atoms with Gasteiger partial charge in [0, 0.05) is 17.5 Å². The molecule has 3 rings (SSSR count). The molecule has 7 nitrogen and oxygen atoms in total. The van der Waals surface area contributed by atoms with Crippen LogP contribution >= 0.6 is 0 Å². The number of aromatic hydroxyl groups is 2. The lowest BCUT2D eigenvalue weighted by Gasteiger charge is -2.35. The van der Waals surface area contributed by atoms with Crippen molar-refractivity contribution in [3.8, 4) is 45.6 Å². The van der Waals surface area contributed by atoms with Crippen LogP contribution in [-0.4, -0.2) is 49.4 Å². The molecule has 0 saturated carbocycles. The molecule has 0 aromatic heterocycles. The molecule has 1 aliphatic rings. The number of hydrogen-bond donors (Lipinski definition) is 3. The molecule has 0 heterocycles. The minimum absolute atomic E-state index is 0.0722. The predicted molar refractivity (Wildman–Crippen MR) is 109 cm³/mol. The molecule has 2 atom stereocenters. The Bertz CT molecular complexity index is 934. The summed E-state index contributed by atoms with van der Waals surface area (Å²) in [4.78, 5) is 0. The van der Waals surface area contributed by atoms with E-state index in [1.807, 2.05) is 6.92 Å². The third kappa shape index (κ3) is 3.29. The predicted octanol–water partition coefficient (Wildman–Crippen LogP) is 3.28. The molecule has 2 aromatic carbocycles. The molecule has 0 fully saturated rings. The van der Waals surface area contributed by atoms with Crippen LogP contribution in [0.1, 0.15) is 25.0 Å². The van der Waals surface area contributed by atoms with Crippen molar-refractivity contribution >= 4 is 0 Å². The highest BCUT2D eigenvalue weighted by atomic mass is 16.5. The van der Waals surface area contributed by atoms with Crippen LogP contribution in [0.2, 0.25) is 0 Å². The fourth-order valence-electron chi connectivity index (χ4n) is 4.06. The Morgan fingerprint density at radius 3 is 2.03 bits per heavy atom. The molecule has 7 heteroatoms. The topological polar surface area (TPSA) is 97.6 Å². The van der Waals surface area contributed by atoms with Gasteiger partial charge in [-0.05, 0) is 42.5 Å². The van der Waals surface area contributed by atoms with Crippen molar-refractivity contribution in [1.82, 2.24) is 0 Å². The summed E-state index contributed by atoms with van der Waals surface area (Å²) in [6.45, 7) is 3.71. The SMILES string of the molecule is COc1cc2c(c(O)c1OC)-c1c(cc(O)c(OC)c1OC)C[C@H](C)[C@@](C)(O)C2. The maximum absolute atomic E-state index is 11.2. The monoisotopic (exact) mass is 404 g/mol. The minimum atomic E-state index is -1.05. The largest absolute Gasteiger partial charge is 0.504 e. The second-order valence-corrected chi connectivity index (χ2v) is 7.63. The van der Waals surface area contributed by atoms with Crippen molar-refractivity contribution in [2.75, 3.05) is 28.4 Å². The van der Waals surface area contributed by atoms with Gasteiger partial charge in [0.15, 0.2) is 23.0 Å². The molecule has 0 amide bonds. The number of ether oxygens (including phenoxy) is 4. The summed E-state index contributed by atoms with van der Waals surface area (Å²) in [5, 5.41) is 32.8. The average Bonchev–Trinajstić information content (AvgIpc) is 2.67. The molecule has 3 N–H and O–H groups in total. The Kier molecular flexibility index (Phi) is 5.45. The van der Waals surface area contributed by atoms with E-state index in [4.69, 9.17) is 18.9 Å². The number of methoxy groups -OCH3 is 4. The first-order chi connectivity index (χ1) is 13.7. The number of phenolic OH excluding ortho intramolecular Hbond substituents is 2. The first-order valence-corrected chi connectivity index (χ1v) is 9.36. The molecule has 1 aliphatic carbocycles. The van der Waals surface area contributed by atoms with E-state index in [-0.39, 0.29) is 35.3 Å². The molecule has 0 bridgehead atoms. The quantitative estimate of drug-likeness (QED) is 0.719. The first kappa shape index (κ1) is 20.9. The zero-order valence-corrected chi connectivity index (χ0v) is 17.6. The summed E-state index contributed by atoms with van der Waals surface area (Å²) < 4.78 is 21.8. The summed E-state index contributed by atoms with van der Waals surface area (Å²) in [6.07, 6.45) is 0.743. The Morgan fingerprint density at radius 2 is 1.48 bits per heavy atom. The van der Waals surface area contributed by atoms with Gasteiger partial charge in [-0.25, -0.2) is 0 Å². The average molecular weight is 404 g/mol. The van der Waals surface area contributed by atoms with E-state index in [9.17, 15) is 15.3 Å². The summed E-state index contributed by atoms with van der Waals surface area (Å²) in [5.41, 5.74) is 1.39. The normalized spacial score (nSPS) is 20.7. The highest BCUT2D eigenvalue weighted by Crippen LogP contribution is 2.55. The van der Waals surface area contributed by atoms with Gasteiger partial charge in [0.1, 0.15) is 0 Å². The van der Waals surface area contributed by atoms with Gasteiger partial charge < -0.3 is 34.3 Å². The van der Waals surface area contributed by atoms with E-state index in [0.717, 1.165) is 5.56 Å². The van der Waals surface area contributed by atoms with Gasteiger partial charge in [-0.3, -0.25) is 0 Å². The van der Waals surface area contributed by atoms with Crippen molar-refractivity contribution in [3.63, 3.8) is 0 Å². The standard InChI is InChI=1S/C22H28O7/c1-11-7-12-8-14(23)19(27-4)21(29-6)17(12)16-13(10-22(11,2)25)9-15(26-3)20(28-5)18(16)24/h8-9,11,23-25H,7,10H2,1-6H3/t11-,22-/m0/s1. The summed E-state index contributed by atoms with van der Waals surface area (Å²) in [5.74, 6) is 0.684. The lowest BCUT2D eigenvalue weighted by atomic mass is 9.75. The molecular formula is C22H28O7. The Morgan fingerprint density at radius 1 is 0.862 bits per heavy atom. The molecule has 0 unspecified atom stereocenters. The van der Waals surface area contributed by atoms with E-state index in [2.05, 4.69) is 0 Å². The Hall–Kier alpha value is -2.80. The van der Waals surface area contributed by atoms with Crippen molar-refractivity contribution in [2.24, 2.45) is 5.92 Å². The fraction of sp³-hybridized carbons (Fsp3) is 0.455. The number of aliphatic hydroxyl groups is 1. The fourth-order valence-corrected chi connectivity index (χ4v) is 4.06. The van der Waals surface area contributed by atoms with Gasteiger partial charge in [0.05, 0.1) is 34.0 Å². The summed E-state index contributed by atoms with van der Waals surface area (Å²) >= 11 is 0. The van der Waals surface area contributed by atoms with E-state index in [0.29, 0.717) is 34.6 Å². The van der Waals surface area contributed by atoms with Gasteiger partial charge in [-0.2, -0.15) is 0 Å². The maximum Gasteiger partial charge on any atom is 0.203 e. The van der Waals surface area contributed by atoms with Gasteiger partial charge in [-0.15, -0.1) is 0 Å². The molecule has 0 spiro atoms. The molecular weight excluding hydrogens is 376 g/mol. The van der Waals surface area contributed by atoms with Crippen molar-refractivity contribution in [3.05, 3.63) is 23.3 Å². The number of rotatable bonds is 4. The van der Waals surface area contributed by atoms with Crippen LogP contribution in [0.15, 0.2) is 12.1 Å². The van der Waals surface area contributed by atoms with E-state index < -0.39 is 5.60 Å². The van der Waals surface area contributed by atoms with Crippen LogP contribution < -0.4 is 18.9 Å². The number of fused-ring (bicyclic) bond motifs is 3. The molecule has 29 heavy (non-hydrogen) atoms. The van der Waals surface area contributed by atoms with Crippen molar-refractivity contribution in [1.29, 1.82) is 0 Å². The van der Waals surface area contributed by atoms with Crippen LogP contribution in [-0.2, 0) is 12.8 Å². The molecule has 2 aromatic rings. The van der Waals surface area contributed by atoms with Gasteiger partial charge in [0.2, 0.25) is 11.5 Å². The van der Waals surface area contributed by atoms with Crippen LogP contribution in [0.4, 0.5) is 0 Å². The first-order valence-electron chi connectivity index (χ1n) is 9.36. The second kappa shape index (κ2) is 7.55. The van der Waals surface area contributed by atoms with Crippen molar-refractivity contribution in [2.45, 2.75) is 32.3 Å². The van der Waals surface area contributed by atoms with E-state index in [1.54, 1.807) is 19.1 Å². The Labute approximate surface area is 170 Å². The molecule has 158 valence electrons. The highest BCUT2D eigenvalue weighted by molar-refractivity contribution is 5.88. The lowest BCUT2D eigenvalue weighted by molar-refractivity contribution is 0.00628. The number of benzene rings is 2. The van der Waals surface area contributed by atoms with Crippen LogP contribution in [0.25, 0.3) is 11.1 Å². The zero-order chi connectivity index (χ0) is 21.5. The van der Waals surface area contributed by atoms with Crippen LogP contribution in [0, 0.1) is 5.92 Å². The van der Waals surface area contributed by atoms with E-state index >= 15 is 0 Å². The molecule has 0 aliphatic heterocycles. The van der Waals surface area contributed by atoms with Crippen molar-refractivity contribution < 1.29 is 34.3 Å². The van der Waals surface area contributed by atoms with Gasteiger partial charge in [0.25, 0.3) is 0 Å². The summed E-state index contributed by atoms with van der Waals surface area (Å²) in [7, 11) is 5.85. The third-order valence-corrected chi connectivity index (χ3v) is 5.82. The van der Waals surface area contributed by atoms with Crippen LogP contribution in [0.5, 0.6) is 34.5 Å². The second-order valence-electron chi connectivity index (χ2n) is 7.63. The Balaban J connectivity index is 2.50. The highest BCUT2D eigenvalue weighted by Gasteiger charge is 2.37. The van der Waals surface area contributed by atoms with Gasteiger partial charge in [-0.1, -0.05) is 6.92 Å². The third-order valence-electron chi connectivity index (χ3n) is 5.82. The number of phenols is 2. The smallest absolute Gasteiger partial charge is 0.203 e. The number of hydrogen-bond acceptors (Lipinski definition) is 7. The minimum Gasteiger partial charge on any atom is -0.504 e. The van der Waals surface area contributed by atoms with Gasteiger partial charge >= 0.3 is 0 Å². The van der Waals surface area contributed by atoms with Crippen LogP contribution in [0.3, 0.4) is 0 Å². The zero-order valence-electron chi connectivity index (χ0n) is 17.6. The maximum atomic E-state index is 11.2. The lowest BCUT2D eigenvalue weighted by Crippen LogP contribution is -2.37. The molecule has 0 saturated heterocycles. The summed E-state index contributed by atoms with van der Waals surface area (Å²) in [6, 6.07) is 3.34.